The number of amides is 2. The molecule has 1 aliphatic heterocycles. The van der Waals surface area contributed by atoms with E-state index in [-0.39, 0.29) is 17.5 Å². The van der Waals surface area contributed by atoms with Gasteiger partial charge in [-0.3, -0.25) is 0 Å². The smallest absolute Gasteiger partial charge is 0.317 e. The monoisotopic (exact) mass is 390 g/mol. The van der Waals surface area contributed by atoms with Crippen molar-refractivity contribution >= 4 is 16.1 Å². The van der Waals surface area contributed by atoms with Crippen molar-refractivity contribution in [2.24, 2.45) is 0 Å². The molecule has 1 aromatic heterocycles. The lowest BCUT2D eigenvalue weighted by Gasteiger charge is -2.32. The summed E-state index contributed by atoms with van der Waals surface area (Å²) < 4.78 is 28.3. The van der Waals surface area contributed by atoms with Crippen molar-refractivity contribution in [3.63, 3.8) is 0 Å². The van der Waals surface area contributed by atoms with E-state index in [1.165, 1.54) is 18.4 Å². The number of carbonyl (C=O) groups is 1. The Bertz CT molecular complexity index is 870. The van der Waals surface area contributed by atoms with Gasteiger partial charge < -0.3 is 14.8 Å². The zero-order chi connectivity index (χ0) is 19.4. The Labute approximate surface area is 160 Å². The Hall–Kier alpha value is -2.32. The van der Waals surface area contributed by atoms with Crippen molar-refractivity contribution < 1.29 is 13.2 Å². The third kappa shape index (κ3) is 4.33. The molecule has 1 aromatic carbocycles. The van der Waals surface area contributed by atoms with Gasteiger partial charge in [-0.2, -0.15) is 0 Å². The number of nitrogens with one attached hydrogen (secondary N) is 1. The average molecular weight is 391 g/mol. The van der Waals surface area contributed by atoms with Gasteiger partial charge in [0.15, 0.2) is 0 Å². The predicted molar refractivity (Wildman–Crippen MR) is 104 cm³/mol. The molecular weight excluding hydrogens is 364 g/mol. The molecule has 0 aliphatic carbocycles. The second-order valence-electron chi connectivity index (χ2n) is 6.90. The lowest BCUT2D eigenvalue weighted by atomic mass is 10.1. The minimum absolute atomic E-state index is 0.155. The van der Waals surface area contributed by atoms with Gasteiger partial charge in [0.25, 0.3) is 0 Å². The molecule has 0 bridgehead atoms. The van der Waals surface area contributed by atoms with Crippen LogP contribution in [0.1, 0.15) is 24.4 Å². The number of benzene rings is 1. The summed E-state index contributed by atoms with van der Waals surface area (Å²) in [5.74, 6) is 0. The molecule has 2 aromatic rings. The summed E-state index contributed by atoms with van der Waals surface area (Å²) in [5, 5.41) is 2.87. The Morgan fingerprint density at radius 1 is 1.11 bits per heavy atom. The minimum atomic E-state index is -3.55. The molecule has 0 atom stereocenters. The van der Waals surface area contributed by atoms with Gasteiger partial charge in [0.1, 0.15) is 0 Å². The number of urea groups is 1. The molecule has 0 saturated carbocycles. The van der Waals surface area contributed by atoms with Crippen LogP contribution in [0, 0.1) is 0 Å². The highest BCUT2D eigenvalue weighted by Gasteiger charge is 2.24. The summed E-state index contributed by atoms with van der Waals surface area (Å²) in [6.45, 7) is 1.55. The van der Waals surface area contributed by atoms with Gasteiger partial charge >= 0.3 is 6.03 Å². The maximum absolute atomic E-state index is 12.5. The van der Waals surface area contributed by atoms with Gasteiger partial charge in [-0.25, -0.2) is 17.5 Å². The number of piperidine rings is 1. The SMILES string of the molecule is CN(C)S(=O)(=O)c1ccccc1CNC(=O)N1CCC(n2cccc2)CC1. The number of hydrogen-bond acceptors (Lipinski definition) is 3. The number of nitrogens with zero attached hydrogens (tertiary/aromatic N) is 3. The van der Waals surface area contributed by atoms with Gasteiger partial charge in [-0.05, 0) is 36.6 Å². The lowest BCUT2D eigenvalue weighted by Crippen LogP contribution is -2.44. The van der Waals surface area contributed by atoms with Crippen molar-refractivity contribution in [3.8, 4) is 0 Å². The van der Waals surface area contributed by atoms with E-state index in [1.807, 2.05) is 12.1 Å². The Morgan fingerprint density at radius 3 is 2.37 bits per heavy atom. The topological polar surface area (TPSA) is 74.7 Å². The van der Waals surface area contributed by atoms with E-state index in [1.54, 1.807) is 29.2 Å². The molecule has 7 nitrogen and oxygen atoms in total. The number of sulfonamides is 1. The fraction of sp³-hybridized carbons (Fsp3) is 0.421. The normalized spacial score (nSPS) is 15.9. The molecule has 27 heavy (non-hydrogen) atoms. The summed E-state index contributed by atoms with van der Waals surface area (Å²) in [6.07, 6.45) is 5.94. The van der Waals surface area contributed by atoms with E-state index in [0.717, 1.165) is 12.8 Å². The third-order valence-corrected chi connectivity index (χ3v) is 6.88. The number of likely N-dealkylation sites (tertiary alicyclic amines) is 1. The lowest BCUT2D eigenvalue weighted by molar-refractivity contribution is 0.171. The highest BCUT2D eigenvalue weighted by atomic mass is 32.2. The van der Waals surface area contributed by atoms with Crippen LogP contribution in [0.2, 0.25) is 0 Å². The molecule has 1 fully saturated rings. The Morgan fingerprint density at radius 2 is 1.74 bits per heavy atom. The van der Waals surface area contributed by atoms with Gasteiger partial charge in [0, 0.05) is 52.2 Å². The van der Waals surface area contributed by atoms with Crippen LogP contribution in [0.15, 0.2) is 53.7 Å². The minimum Gasteiger partial charge on any atom is -0.351 e. The summed E-state index contributed by atoms with van der Waals surface area (Å²) in [6, 6.07) is 11.1. The first-order chi connectivity index (χ1) is 12.9. The maximum atomic E-state index is 12.5. The van der Waals surface area contributed by atoms with Crippen LogP contribution in [0.3, 0.4) is 0 Å². The largest absolute Gasteiger partial charge is 0.351 e. The number of rotatable bonds is 5. The van der Waals surface area contributed by atoms with Gasteiger partial charge in [0.05, 0.1) is 4.90 Å². The molecule has 3 rings (SSSR count). The molecule has 0 unspecified atom stereocenters. The van der Waals surface area contributed by atoms with E-state index in [9.17, 15) is 13.2 Å². The van der Waals surface area contributed by atoms with Crippen molar-refractivity contribution in [3.05, 3.63) is 54.4 Å². The first kappa shape index (κ1) is 19.4. The molecule has 1 aliphatic rings. The highest BCUT2D eigenvalue weighted by Crippen LogP contribution is 2.23. The predicted octanol–water partition coefficient (Wildman–Crippen LogP) is 2.29. The summed E-state index contributed by atoms with van der Waals surface area (Å²) >= 11 is 0. The van der Waals surface area contributed by atoms with Crippen molar-refractivity contribution in [1.82, 2.24) is 19.1 Å². The molecule has 1 saturated heterocycles. The second kappa shape index (κ2) is 8.14. The molecule has 2 heterocycles. The van der Waals surface area contributed by atoms with Crippen molar-refractivity contribution in [2.75, 3.05) is 27.2 Å². The van der Waals surface area contributed by atoms with Gasteiger partial charge in [-0.15, -0.1) is 0 Å². The molecule has 1 N–H and O–H groups in total. The van der Waals surface area contributed by atoms with E-state index in [0.29, 0.717) is 24.7 Å². The fourth-order valence-corrected chi connectivity index (χ4v) is 4.45. The summed E-state index contributed by atoms with van der Waals surface area (Å²) in [7, 11) is -0.548. The maximum Gasteiger partial charge on any atom is 0.317 e. The first-order valence-corrected chi connectivity index (χ1v) is 10.5. The Kier molecular flexibility index (Phi) is 5.86. The van der Waals surface area contributed by atoms with Gasteiger partial charge in [0.2, 0.25) is 10.0 Å². The van der Waals surface area contributed by atoms with Crippen molar-refractivity contribution in [1.29, 1.82) is 0 Å². The zero-order valence-electron chi connectivity index (χ0n) is 15.7. The summed E-state index contributed by atoms with van der Waals surface area (Å²) in [5.41, 5.74) is 0.585. The molecular formula is C19H26N4O3S. The van der Waals surface area contributed by atoms with Crippen LogP contribution in [0.4, 0.5) is 4.79 Å². The molecule has 0 radical (unpaired) electrons. The van der Waals surface area contributed by atoms with Crippen LogP contribution in [-0.2, 0) is 16.6 Å². The standard InChI is InChI=1S/C19H26N4O3S/c1-21(2)27(25,26)18-8-4-3-7-16(18)15-20-19(24)23-13-9-17(10-14-23)22-11-5-6-12-22/h3-8,11-12,17H,9-10,13-15H2,1-2H3,(H,20,24). The number of hydrogen-bond donors (Lipinski definition) is 1. The highest BCUT2D eigenvalue weighted by molar-refractivity contribution is 7.89. The third-order valence-electron chi connectivity index (χ3n) is 4.96. The average Bonchev–Trinajstić information content (AvgIpc) is 3.21. The van der Waals surface area contributed by atoms with Crippen molar-refractivity contribution in [2.45, 2.75) is 30.3 Å². The Balaban J connectivity index is 1.59. The number of carbonyl (C=O) groups excluding carboxylic acids is 1. The fourth-order valence-electron chi connectivity index (χ4n) is 3.34. The van der Waals surface area contributed by atoms with Crippen LogP contribution >= 0.6 is 0 Å². The zero-order valence-corrected chi connectivity index (χ0v) is 16.5. The second-order valence-corrected chi connectivity index (χ2v) is 9.02. The van der Waals surface area contributed by atoms with Crippen LogP contribution in [0.5, 0.6) is 0 Å². The van der Waals surface area contributed by atoms with E-state index < -0.39 is 10.0 Å². The van der Waals surface area contributed by atoms with Gasteiger partial charge in [-0.1, -0.05) is 18.2 Å². The molecule has 8 heteroatoms. The summed E-state index contributed by atoms with van der Waals surface area (Å²) in [4.78, 5) is 14.5. The number of aromatic nitrogens is 1. The molecule has 2 amide bonds. The quantitative estimate of drug-likeness (QED) is 0.851. The van der Waals surface area contributed by atoms with E-state index >= 15 is 0 Å². The first-order valence-electron chi connectivity index (χ1n) is 9.05. The molecule has 0 spiro atoms. The molecule has 146 valence electrons. The van der Waals surface area contributed by atoms with Crippen LogP contribution in [0.25, 0.3) is 0 Å². The van der Waals surface area contributed by atoms with E-state index in [2.05, 4.69) is 22.3 Å². The van der Waals surface area contributed by atoms with E-state index in [4.69, 9.17) is 0 Å². The van der Waals surface area contributed by atoms with Crippen LogP contribution < -0.4 is 5.32 Å². The van der Waals surface area contributed by atoms with Crippen LogP contribution in [-0.4, -0.2) is 55.4 Å².